The van der Waals surface area contributed by atoms with Crippen molar-refractivity contribution in [3.8, 4) is 0 Å². The molecule has 1 aliphatic carbocycles. The Hall–Kier alpha value is -3.65. The normalized spacial score (nSPS) is 12.6. The van der Waals surface area contributed by atoms with Crippen LogP contribution < -0.4 is 16.0 Å². The van der Waals surface area contributed by atoms with Crippen molar-refractivity contribution in [2.24, 2.45) is 0 Å². The highest BCUT2D eigenvalue weighted by molar-refractivity contribution is 8.00. The fraction of sp³-hybridized carbons (Fsp3) is 0.160. The van der Waals surface area contributed by atoms with Gasteiger partial charge in [-0.1, -0.05) is 18.2 Å². The number of carbonyl (C=O) groups is 3. The van der Waals surface area contributed by atoms with E-state index in [0.29, 0.717) is 27.4 Å². The van der Waals surface area contributed by atoms with E-state index in [-0.39, 0.29) is 35.3 Å². The van der Waals surface area contributed by atoms with Crippen LogP contribution in [0.4, 0.5) is 15.8 Å². The predicted molar refractivity (Wildman–Crippen MR) is 127 cm³/mol. The molecule has 3 aromatic carbocycles. The molecule has 33 heavy (non-hydrogen) atoms. The van der Waals surface area contributed by atoms with Crippen LogP contribution in [0.1, 0.15) is 33.6 Å². The van der Waals surface area contributed by atoms with Crippen molar-refractivity contribution in [1.29, 1.82) is 0 Å². The lowest BCUT2D eigenvalue weighted by Gasteiger charge is -2.11. The van der Waals surface area contributed by atoms with E-state index in [9.17, 15) is 18.8 Å². The lowest BCUT2D eigenvalue weighted by Crippen LogP contribution is -2.25. The molecule has 3 amide bonds. The fourth-order valence-corrected chi connectivity index (χ4v) is 3.94. The summed E-state index contributed by atoms with van der Waals surface area (Å²) in [6.07, 6.45) is 2.00. The number of anilines is 2. The topological polar surface area (TPSA) is 87.3 Å². The molecule has 3 aromatic rings. The molecule has 0 spiro atoms. The zero-order chi connectivity index (χ0) is 23.2. The molecule has 1 fully saturated rings. The molecule has 1 aliphatic rings. The third kappa shape index (κ3) is 6.43. The van der Waals surface area contributed by atoms with Crippen LogP contribution in [0.25, 0.3) is 0 Å². The van der Waals surface area contributed by atoms with Crippen LogP contribution in [-0.4, -0.2) is 29.5 Å². The van der Waals surface area contributed by atoms with Gasteiger partial charge in [0.05, 0.1) is 11.3 Å². The summed E-state index contributed by atoms with van der Waals surface area (Å²) >= 11 is 1.23. The van der Waals surface area contributed by atoms with Crippen molar-refractivity contribution in [1.82, 2.24) is 5.32 Å². The lowest BCUT2D eigenvalue weighted by atomic mass is 10.1. The number of carbonyl (C=O) groups excluding carboxylic acids is 3. The van der Waals surface area contributed by atoms with Gasteiger partial charge in [0.25, 0.3) is 11.8 Å². The first-order valence-electron chi connectivity index (χ1n) is 10.5. The van der Waals surface area contributed by atoms with E-state index in [0.717, 1.165) is 12.8 Å². The molecule has 0 radical (unpaired) electrons. The number of nitrogens with one attached hydrogen (secondary N) is 3. The van der Waals surface area contributed by atoms with Gasteiger partial charge in [0, 0.05) is 27.9 Å². The Morgan fingerprint density at radius 1 is 0.848 bits per heavy atom. The fourth-order valence-electron chi connectivity index (χ4n) is 3.09. The zero-order valence-electron chi connectivity index (χ0n) is 17.6. The Kier molecular flexibility index (Phi) is 7.04. The van der Waals surface area contributed by atoms with Crippen molar-refractivity contribution < 1.29 is 18.8 Å². The minimum absolute atomic E-state index is 0.0818. The van der Waals surface area contributed by atoms with Gasteiger partial charge in [-0.25, -0.2) is 4.39 Å². The lowest BCUT2D eigenvalue weighted by molar-refractivity contribution is -0.113. The molecule has 0 atom stereocenters. The summed E-state index contributed by atoms with van der Waals surface area (Å²) in [7, 11) is 0. The Labute approximate surface area is 195 Å². The van der Waals surface area contributed by atoms with Gasteiger partial charge in [0.15, 0.2) is 0 Å². The van der Waals surface area contributed by atoms with Crippen LogP contribution in [0.2, 0.25) is 0 Å². The average Bonchev–Trinajstić information content (AvgIpc) is 3.63. The van der Waals surface area contributed by atoms with Gasteiger partial charge in [-0.3, -0.25) is 14.4 Å². The van der Waals surface area contributed by atoms with Gasteiger partial charge < -0.3 is 16.0 Å². The number of benzene rings is 3. The smallest absolute Gasteiger partial charge is 0.256 e. The molecular weight excluding hydrogens is 441 g/mol. The molecule has 6 nitrogen and oxygen atoms in total. The third-order valence-corrected chi connectivity index (χ3v) is 5.99. The van der Waals surface area contributed by atoms with Crippen LogP contribution in [0.3, 0.4) is 0 Å². The second kappa shape index (κ2) is 10.3. The van der Waals surface area contributed by atoms with Crippen LogP contribution >= 0.6 is 11.8 Å². The molecule has 0 unspecified atom stereocenters. The summed E-state index contributed by atoms with van der Waals surface area (Å²) in [6.45, 7) is 0. The Bertz CT molecular complexity index is 1180. The molecule has 0 bridgehead atoms. The van der Waals surface area contributed by atoms with Crippen LogP contribution in [0.15, 0.2) is 77.7 Å². The first-order valence-corrected chi connectivity index (χ1v) is 11.5. The summed E-state index contributed by atoms with van der Waals surface area (Å²) in [4.78, 5) is 38.1. The molecule has 168 valence electrons. The van der Waals surface area contributed by atoms with Crippen molar-refractivity contribution >= 4 is 40.9 Å². The van der Waals surface area contributed by atoms with Gasteiger partial charge in [0.1, 0.15) is 5.82 Å². The molecule has 4 rings (SSSR count). The number of halogens is 1. The van der Waals surface area contributed by atoms with E-state index < -0.39 is 0 Å². The Morgan fingerprint density at radius 3 is 2.36 bits per heavy atom. The van der Waals surface area contributed by atoms with E-state index in [1.54, 1.807) is 48.5 Å². The van der Waals surface area contributed by atoms with Crippen LogP contribution in [0.5, 0.6) is 0 Å². The number of amides is 3. The number of hydrogen-bond donors (Lipinski definition) is 3. The molecular formula is C25H22FN3O3S. The van der Waals surface area contributed by atoms with Gasteiger partial charge >= 0.3 is 0 Å². The van der Waals surface area contributed by atoms with E-state index in [4.69, 9.17) is 0 Å². The quantitative estimate of drug-likeness (QED) is 0.423. The first-order chi connectivity index (χ1) is 16.0. The number of rotatable bonds is 8. The minimum Gasteiger partial charge on any atom is -0.349 e. The summed E-state index contributed by atoms with van der Waals surface area (Å²) in [5, 5.41) is 8.45. The largest absolute Gasteiger partial charge is 0.349 e. The summed E-state index contributed by atoms with van der Waals surface area (Å²) in [5.74, 6) is -1.06. The van der Waals surface area contributed by atoms with Crippen molar-refractivity contribution in [3.63, 3.8) is 0 Å². The molecule has 0 aromatic heterocycles. The Morgan fingerprint density at radius 2 is 1.61 bits per heavy atom. The van der Waals surface area contributed by atoms with E-state index >= 15 is 0 Å². The van der Waals surface area contributed by atoms with Crippen LogP contribution in [-0.2, 0) is 4.79 Å². The van der Waals surface area contributed by atoms with Crippen LogP contribution in [0, 0.1) is 5.82 Å². The van der Waals surface area contributed by atoms with E-state index in [2.05, 4.69) is 16.0 Å². The zero-order valence-corrected chi connectivity index (χ0v) is 18.5. The SMILES string of the molecule is O=C(CSc1ccccc1C(=O)Nc1cccc(C(=O)NC2CC2)c1)Nc1ccc(F)cc1. The second-order valence-electron chi connectivity index (χ2n) is 7.62. The maximum Gasteiger partial charge on any atom is 0.256 e. The molecule has 0 aliphatic heterocycles. The average molecular weight is 464 g/mol. The highest BCUT2D eigenvalue weighted by atomic mass is 32.2. The third-order valence-electron chi connectivity index (χ3n) is 4.91. The van der Waals surface area contributed by atoms with E-state index in [1.807, 2.05) is 0 Å². The highest BCUT2D eigenvalue weighted by Gasteiger charge is 2.24. The van der Waals surface area contributed by atoms with E-state index in [1.165, 1.54) is 36.0 Å². The summed E-state index contributed by atoms with van der Waals surface area (Å²) in [6, 6.07) is 19.5. The molecule has 1 saturated carbocycles. The molecule has 0 heterocycles. The summed E-state index contributed by atoms with van der Waals surface area (Å²) < 4.78 is 13.0. The van der Waals surface area contributed by atoms with Crippen molar-refractivity contribution in [2.75, 3.05) is 16.4 Å². The predicted octanol–water partition coefficient (Wildman–Crippen LogP) is 4.70. The van der Waals surface area contributed by atoms with Gasteiger partial charge in [0.2, 0.25) is 5.91 Å². The maximum atomic E-state index is 13.0. The Balaban J connectivity index is 1.38. The van der Waals surface area contributed by atoms with Gasteiger partial charge in [-0.05, 0) is 67.4 Å². The maximum absolute atomic E-state index is 13.0. The minimum atomic E-state index is -0.378. The second-order valence-corrected chi connectivity index (χ2v) is 8.64. The number of thioether (sulfide) groups is 1. The molecule has 8 heteroatoms. The van der Waals surface area contributed by atoms with Gasteiger partial charge in [-0.15, -0.1) is 11.8 Å². The monoisotopic (exact) mass is 463 g/mol. The molecule has 3 N–H and O–H groups in total. The molecule has 0 saturated heterocycles. The van der Waals surface area contributed by atoms with Crippen molar-refractivity contribution in [3.05, 3.63) is 89.7 Å². The summed E-state index contributed by atoms with van der Waals surface area (Å²) in [5.41, 5.74) is 1.92. The van der Waals surface area contributed by atoms with Gasteiger partial charge in [-0.2, -0.15) is 0 Å². The highest BCUT2D eigenvalue weighted by Crippen LogP contribution is 2.25. The first kappa shape index (κ1) is 22.5. The number of hydrogen-bond acceptors (Lipinski definition) is 4. The standard InChI is InChI=1S/C25H22FN3O3S/c26-17-8-10-18(11-9-17)27-23(30)15-33-22-7-2-1-6-21(22)25(32)29-20-5-3-4-16(14-20)24(31)28-19-12-13-19/h1-11,14,19H,12-13,15H2,(H,27,30)(H,28,31)(H,29,32). The van der Waals surface area contributed by atoms with Crippen molar-refractivity contribution in [2.45, 2.75) is 23.8 Å².